The van der Waals surface area contributed by atoms with Crippen LogP contribution >= 0.6 is 11.8 Å². The van der Waals surface area contributed by atoms with Gasteiger partial charge in [-0.1, -0.05) is 72.4 Å². The van der Waals surface area contributed by atoms with Crippen LogP contribution in [0.2, 0.25) is 0 Å². The highest BCUT2D eigenvalue weighted by Crippen LogP contribution is 2.36. The zero-order valence-corrected chi connectivity index (χ0v) is 22.6. The van der Waals surface area contributed by atoms with Gasteiger partial charge in [0.05, 0.1) is 29.3 Å². The fourth-order valence-electron chi connectivity index (χ4n) is 4.15. The molecule has 0 spiro atoms. The van der Waals surface area contributed by atoms with Crippen LogP contribution in [0.15, 0.2) is 107 Å². The lowest BCUT2D eigenvalue weighted by atomic mass is 9.99. The minimum Gasteiger partial charge on any atom is -0.497 e. The highest BCUT2D eigenvalue weighted by molar-refractivity contribution is 8.00. The number of anilines is 1. The van der Waals surface area contributed by atoms with Crippen molar-refractivity contribution in [1.82, 2.24) is 14.8 Å². The molecule has 2 aromatic heterocycles. The number of thioether (sulfide) groups is 1. The number of carbonyl (C=O) groups excluding carboxylic acids is 1. The van der Waals surface area contributed by atoms with Crippen molar-refractivity contribution in [3.8, 4) is 39.9 Å². The molecule has 0 bridgehead atoms. The van der Waals surface area contributed by atoms with Crippen molar-refractivity contribution in [2.24, 2.45) is 0 Å². The van der Waals surface area contributed by atoms with Gasteiger partial charge in [0.1, 0.15) is 22.7 Å². The van der Waals surface area contributed by atoms with E-state index >= 15 is 0 Å². The fraction of sp³-hybridized carbons (Fsp3) is 0.0968. The lowest BCUT2D eigenvalue weighted by Gasteiger charge is -2.16. The van der Waals surface area contributed by atoms with Gasteiger partial charge in [0, 0.05) is 17.2 Å². The molecule has 0 saturated carbocycles. The summed E-state index contributed by atoms with van der Waals surface area (Å²) in [5, 5.41) is 15.7. The molecule has 5 aromatic rings. The van der Waals surface area contributed by atoms with E-state index in [4.69, 9.17) is 9.72 Å². The molecular weight excluding hydrogens is 522 g/mol. The number of ether oxygens (including phenoxy) is 1. The van der Waals surface area contributed by atoms with Crippen molar-refractivity contribution in [3.63, 3.8) is 0 Å². The number of para-hydroxylation sites is 1. The van der Waals surface area contributed by atoms with E-state index in [2.05, 4.69) is 16.5 Å². The zero-order chi connectivity index (χ0) is 28.1. The molecule has 1 unspecified atom stereocenters. The summed E-state index contributed by atoms with van der Waals surface area (Å²) in [6, 6.07) is 31.7. The van der Waals surface area contributed by atoms with Crippen molar-refractivity contribution in [2.45, 2.75) is 17.2 Å². The Kier molecular flexibility index (Phi) is 7.80. The second-order valence-corrected chi connectivity index (χ2v) is 10.2. The van der Waals surface area contributed by atoms with E-state index < -0.39 is 5.25 Å². The van der Waals surface area contributed by atoms with E-state index in [0.717, 1.165) is 11.1 Å². The van der Waals surface area contributed by atoms with E-state index in [0.29, 0.717) is 33.3 Å². The third-order valence-corrected chi connectivity index (χ3v) is 7.31. The molecule has 1 atom stereocenters. The number of hydrogen-bond donors (Lipinski definition) is 2. The van der Waals surface area contributed by atoms with Crippen LogP contribution in [0.1, 0.15) is 12.5 Å². The Bertz CT molecular complexity index is 1740. The molecule has 8 nitrogen and oxygen atoms in total. The molecule has 0 aliphatic heterocycles. The van der Waals surface area contributed by atoms with Crippen LogP contribution in [0.5, 0.6) is 5.75 Å². The molecule has 5 rings (SSSR count). The van der Waals surface area contributed by atoms with Crippen molar-refractivity contribution < 1.29 is 9.53 Å². The first kappa shape index (κ1) is 26.5. The molecule has 1 amide bonds. The average molecular weight is 548 g/mol. The summed E-state index contributed by atoms with van der Waals surface area (Å²) in [5.41, 5.74) is 3.84. The normalized spacial score (nSPS) is 11.4. The molecule has 0 fully saturated rings. The number of methoxy groups -OCH3 is 1. The molecule has 9 heteroatoms. The Hall–Kier alpha value is -5.07. The molecule has 40 heavy (non-hydrogen) atoms. The van der Waals surface area contributed by atoms with Crippen LogP contribution in [0.4, 0.5) is 5.82 Å². The van der Waals surface area contributed by atoms with E-state index in [-0.39, 0.29) is 17.3 Å². The van der Waals surface area contributed by atoms with Gasteiger partial charge in [0.15, 0.2) is 0 Å². The van der Waals surface area contributed by atoms with Crippen LogP contribution in [-0.4, -0.2) is 33.0 Å². The fourth-order valence-corrected chi connectivity index (χ4v) is 5.08. The predicted octanol–water partition coefficient (Wildman–Crippen LogP) is 5.89. The number of nitrogens with one attached hydrogen (secondary N) is 2. The van der Waals surface area contributed by atoms with Crippen molar-refractivity contribution in [3.05, 3.63) is 113 Å². The Morgan fingerprint density at radius 1 is 1.00 bits per heavy atom. The maximum absolute atomic E-state index is 13.2. The van der Waals surface area contributed by atoms with Crippen molar-refractivity contribution >= 4 is 23.5 Å². The molecule has 0 saturated heterocycles. The second-order valence-electron chi connectivity index (χ2n) is 8.87. The number of aromatic amines is 1. The van der Waals surface area contributed by atoms with Crippen LogP contribution in [0.25, 0.3) is 28.1 Å². The topological polar surface area (TPSA) is 113 Å². The summed E-state index contributed by atoms with van der Waals surface area (Å²) in [5.74, 6) is 0.642. The highest BCUT2D eigenvalue weighted by Gasteiger charge is 2.22. The largest absolute Gasteiger partial charge is 0.497 e. The van der Waals surface area contributed by atoms with Gasteiger partial charge in [-0.3, -0.25) is 14.7 Å². The minimum atomic E-state index is -0.627. The SMILES string of the molecule is COc1ccc(-c2cc(-c3ccccc3)nc(SC(C)C(=O)Nc3cc(=O)n(-c4ccccc4)[nH]3)c2C#N)cc1. The lowest BCUT2D eigenvalue weighted by Crippen LogP contribution is -2.23. The van der Waals surface area contributed by atoms with E-state index in [1.54, 1.807) is 26.2 Å². The number of pyridine rings is 1. The molecule has 0 radical (unpaired) electrons. The van der Waals surface area contributed by atoms with E-state index in [1.807, 2.05) is 78.9 Å². The monoisotopic (exact) mass is 547 g/mol. The lowest BCUT2D eigenvalue weighted by molar-refractivity contribution is -0.115. The molecular formula is C31H25N5O3S. The van der Waals surface area contributed by atoms with E-state index in [1.165, 1.54) is 22.5 Å². The summed E-state index contributed by atoms with van der Waals surface area (Å²) in [4.78, 5) is 30.4. The first-order valence-corrected chi connectivity index (χ1v) is 13.3. The minimum absolute atomic E-state index is 0.275. The van der Waals surface area contributed by atoms with Gasteiger partial charge in [-0.25, -0.2) is 9.67 Å². The van der Waals surface area contributed by atoms with Gasteiger partial charge >= 0.3 is 0 Å². The van der Waals surface area contributed by atoms with Gasteiger partial charge in [-0.05, 0) is 42.8 Å². The third kappa shape index (κ3) is 5.67. The average Bonchev–Trinajstić information content (AvgIpc) is 3.37. The quantitative estimate of drug-likeness (QED) is 0.234. The number of aromatic nitrogens is 3. The summed E-state index contributed by atoms with van der Waals surface area (Å²) in [6.07, 6.45) is 0. The smallest absolute Gasteiger partial charge is 0.273 e. The maximum atomic E-state index is 13.2. The number of nitriles is 1. The predicted molar refractivity (Wildman–Crippen MR) is 157 cm³/mol. The zero-order valence-electron chi connectivity index (χ0n) is 21.8. The summed E-state index contributed by atoms with van der Waals surface area (Å²) in [7, 11) is 1.60. The van der Waals surface area contributed by atoms with Crippen LogP contribution in [-0.2, 0) is 4.79 Å². The molecule has 198 valence electrons. The van der Waals surface area contributed by atoms with Gasteiger partial charge < -0.3 is 10.1 Å². The van der Waals surface area contributed by atoms with Crippen LogP contribution in [0, 0.1) is 11.3 Å². The van der Waals surface area contributed by atoms with Gasteiger partial charge in [0.2, 0.25) is 5.91 Å². The molecule has 0 aliphatic carbocycles. The first-order valence-electron chi connectivity index (χ1n) is 12.5. The standard InChI is InChI=1S/C31H25N5O3S/c1-20(30(38)34-28-18-29(37)36(35-28)23-11-7-4-8-12-23)40-31-26(19-32)25(21-13-15-24(39-2)16-14-21)17-27(33-31)22-9-5-3-6-10-22/h3-18,20,35H,1-2H3,(H,34,38). The number of hydrogen-bond acceptors (Lipinski definition) is 6. The number of nitrogens with zero attached hydrogens (tertiary/aromatic N) is 3. The van der Waals surface area contributed by atoms with Crippen LogP contribution in [0.3, 0.4) is 0 Å². The number of amides is 1. The van der Waals surface area contributed by atoms with Gasteiger partial charge in [0.25, 0.3) is 5.56 Å². The number of carbonyl (C=O) groups is 1. The molecule has 2 N–H and O–H groups in total. The van der Waals surface area contributed by atoms with E-state index in [9.17, 15) is 14.9 Å². The van der Waals surface area contributed by atoms with Crippen molar-refractivity contribution in [2.75, 3.05) is 12.4 Å². The summed E-state index contributed by atoms with van der Waals surface area (Å²) < 4.78 is 6.65. The second kappa shape index (κ2) is 11.8. The number of benzene rings is 3. The van der Waals surface area contributed by atoms with Crippen LogP contribution < -0.4 is 15.6 Å². The molecule has 2 heterocycles. The Morgan fingerprint density at radius 3 is 2.33 bits per heavy atom. The number of rotatable bonds is 8. The molecule has 3 aromatic carbocycles. The van der Waals surface area contributed by atoms with Crippen molar-refractivity contribution in [1.29, 1.82) is 5.26 Å². The summed E-state index contributed by atoms with van der Waals surface area (Å²) in [6.45, 7) is 1.73. The highest BCUT2D eigenvalue weighted by atomic mass is 32.2. The summed E-state index contributed by atoms with van der Waals surface area (Å²) >= 11 is 1.19. The first-order chi connectivity index (χ1) is 19.5. The third-order valence-electron chi connectivity index (χ3n) is 6.22. The Labute approximate surface area is 235 Å². The Balaban J connectivity index is 1.46. The Morgan fingerprint density at radius 2 is 1.68 bits per heavy atom. The van der Waals surface area contributed by atoms with Gasteiger partial charge in [-0.2, -0.15) is 5.26 Å². The maximum Gasteiger partial charge on any atom is 0.273 e. The van der Waals surface area contributed by atoms with Gasteiger partial charge in [-0.15, -0.1) is 0 Å². The number of H-pyrrole nitrogens is 1. The molecule has 0 aliphatic rings.